The molecule has 1 heterocycles. The fourth-order valence-electron chi connectivity index (χ4n) is 3.00. The molecule has 2 N–H and O–H groups in total. The van der Waals surface area contributed by atoms with Gasteiger partial charge in [0.2, 0.25) is 10.0 Å². The molecule has 2 atom stereocenters. The summed E-state index contributed by atoms with van der Waals surface area (Å²) in [5.41, 5.74) is 7.33. The van der Waals surface area contributed by atoms with Crippen molar-refractivity contribution in [3.63, 3.8) is 0 Å². The topological polar surface area (TPSA) is 63.4 Å². The normalized spacial score (nSPS) is 24.8. The van der Waals surface area contributed by atoms with E-state index in [1.165, 1.54) is 0 Å². The Kier molecular flexibility index (Phi) is 4.52. The molecular weight excluding hydrogens is 272 g/mol. The Labute approximate surface area is 122 Å². The second-order valence-corrected chi connectivity index (χ2v) is 7.76. The maximum absolute atomic E-state index is 12.8. The van der Waals surface area contributed by atoms with E-state index in [-0.39, 0.29) is 6.04 Å². The Morgan fingerprint density at radius 2 is 2.05 bits per heavy atom. The third-order valence-electron chi connectivity index (χ3n) is 4.14. The van der Waals surface area contributed by atoms with E-state index in [0.29, 0.717) is 23.9 Å². The first-order valence-corrected chi connectivity index (χ1v) is 8.61. The van der Waals surface area contributed by atoms with Gasteiger partial charge in [0.05, 0.1) is 4.90 Å². The molecule has 0 saturated carbocycles. The van der Waals surface area contributed by atoms with E-state index in [2.05, 4.69) is 6.92 Å². The number of sulfonamides is 1. The summed E-state index contributed by atoms with van der Waals surface area (Å²) >= 11 is 0. The van der Waals surface area contributed by atoms with Gasteiger partial charge in [-0.15, -0.1) is 0 Å². The molecule has 4 nitrogen and oxygen atoms in total. The van der Waals surface area contributed by atoms with Crippen molar-refractivity contribution in [2.75, 3.05) is 6.54 Å². The third kappa shape index (κ3) is 2.90. The van der Waals surface area contributed by atoms with Crippen LogP contribution < -0.4 is 5.73 Å². The largest absolute Gasteiger partial charge is 0.326 e. The molecule has 2 rings (SSSR count). The Hall–Kier alpha value is -0.910. The number of piperidine rings is 1. The summed E-state index contributed by atoms with van der Waals surface area (Å²) in [6.45, 7) is 7.06. The van der Waals surface area contributed by atoms with Crippen LogP contribution in [0.2, 0.25) is 0 Å². The molecule has 1 aliphatic rings. The zero-order valence-corrected chi connectivity index (χ0v) is 13.3. The predicted molar refractivity (Wildman–Crippen MR) is 80.8 cm³/mol. The zero-order chi connectivity index (χ0) is 14.9. The quantitative estimate of drug-likeness (QED) is 0.930. The van der Waals surface area contributed by atoms with Crippen molar-refractivity contribution < 1.29 is 8.42 Å². The standard InChI is InChI=1S/C15H24N2O2S/c1-11-6-7-17(13(3)8-11)20(18,19)15-5-4-14(10-16)9-12(15)2/h4-5,9,11,13H,6-8,10,16H2,1-3H3. The number of nitrogens with zero attached hydrogens (tertiary/aromatic N) is 1. The average molecular weight is 296 g/mol. The number of rotatable bonds is 3. The fourth-order valence-corrected chi connectivity index (χ4v) is 4.86. The van der Waals surface area contributed by atoms with E-state index in [0.717, 1.165) is 24.0 Å². The highest BCUT2D eigenvalue weighted by Gasteiger charge is 2.33. The van der Waals surface area contributed by atoms with E-state index in [1.54, 1.807) is 16.4 Å². The van der Waals surface area contributed by atoms with Crippen molar-refractivity contribution in [3.8, 4) is 0 Å². The van der Waals surface area contributed by atoms with Crippen LogP contribution in [-0.2, 0) is 16.6 Å². The van der Waals surface area contributed by atoms with Crippen molar-refractivity contribution in [1.82, 2.24) is 4.31 Å². The Morgan fingerprint density at radius 3 is 2.60 bits per heavy atom. The zero-order valence-electron chi connectivity index (χ0n) is 12.5. The number of hydrogen-bond acceptors (Lipinski definition) is 3. The maximum Gasteiger partial charge on any atom is 0.243 e. The van der Waals surface area contributed by atoms with Gasteiger partial charge in [-0.3, -0.25) is 0 Å². The van der Waals surface area contributed by atoms with Gasteiger partial charge < -0.3 is 5.73 Å². The van der Waals surface area contributed by atoms with Gasteiger partial charge in [0.1, 0.15) is 0 Å². The van der Waals surface area contributed by atoms with Gasteiger partial charge in [-0.25, -0.2) is 8.42 Å². The summed E-state index contributed by atoms with van der Waals surface area (Å²) in [6, 6.07) is 5.43. The molecule has 1 aliphatic heterocycles. The highest BCUT2D eigenvalue weighted by atomic mass is 32.2. The van der Waals surface area contributed by atoms with E-state index < -0.39 is 10.0 Å². The van der Waals surface area contributed by atoms with Crippen LogP contribution in [-0.4, -0.2) is 25.3 Å². The minimum absolute atomic E-state index is 0.0670. The lowest BCUT2D eigenvalue weighted by atomic mass is 9.95. The van der Waals surface area contributed by atoms with E-state index in [1.807, 2.05) is 19.9 Å². The maximum atomic E-state index is 12.8. The highest BCUT2D eigenvalue weighted by molar-refractivity contribution is 7.89. The summed E-state index contributed by atoms with van der Waals surface area (Å²) < 4.78 is 27.3. The lowest BCUT2D eigenvalue weighted by Crippen LogP contribution is -2.44. The van der Waals surface area contributed by atoms with Crippen LogP contribution in [0.4, 0.5) is 0 Å². The molecule has 1 aromatic carbocycles. The van der Waals surface area contributed by atoms with Crippen molar-refractivity contribution in [3.05, 3.63) is 29.3 Å². The molecule has 20 heavy (non-hydrogen) atoms. The van der Waals surface area contributed by atoms with Gasteiger partial charge in [-0.2, -0.15) is 4.31 Å². The molecule has 1 saturated heterocycles. The second-order valence-electron chi connectivity index (χ2n) is 5.90. The van der Waals surface area contributed by atoms with Crippen LogP contribution >= 0.6 is 0 Å². The van der Waals surface area contributed by atoms with Gasteiger partial charge in [-0.1, -0.05) is 19.1 Å². The van der Waals surface area contributed by atoms with Crippen LogP contribution in [0.3, 0.4) is 0 Å². The molecule has 0 radical (unpaired) electrons. The molecule has 1 fully saturated rings. The summed E-state index contributed by atoms with van der Waals surface area (Å²) in [7, 11) is -3.40. The van der Waals surface area contributed by atoms with E-state index in [4.69, 9.17) is 5.73 Å². The second kappa shape index (κ2) is 5.84. The van der Waals surface area contributed by atoms with Crippen LogP contribution in [0.1, 0.15) is 37.8 Å². The van der Waals surface area contributed by atoms with Gasteiger partial charge in [-0.05, 0) is 49.8 Å². The van der Waals surface area contributed by atoms with E-state index >= 15 is 0 Å². The van der Waals surface area contributed by atoms with Crippen molar-refractivity contribution in [2.24, 2.45) is 11.7 Å². The fraction of sp³-hybridized carbons (Fsp3) is 0.600. The molecule has 0 bridgehead atoms. The lowest BCUT2D eigenvalue weighted by Gasteiger charge is -2.35. The minimum Gasteiger partial charge on any atom is -0.326 e. The van der Waals surface area contributed by atoms with Crippen LogP contribution in [0.25, 0.3) is 0 Å². The molecule has 112 valence electrons. The first-order valence-electron chi connectivity index (χ1n) is 7.17. The van der Waals surface area contributed by atoms with Gasteiger partial charge in [0.15, 0.2) is 0 Å². The summed E-state index contributed by atoms with van der Waals surface area (Å²) in [6.07, 6.45) is 1.86. The molecule has 0 aliphatic carbocycles. The number of nitrogens with two attached hydrogens (primary N) is 1. The van der Waals surface area contributed by atoms with Crippen LogP contribution in [0, 0.1) is 12.8 Å². The van der Waals surface area contributed by atoms with Crippen molar-refractivity contribution in [1.29, 1.82) is 0 Å². The van der Waals surface area contributed by atoms with Crippen LogP contribution in [0.5, 0.6) is 0 Å². The molecule has 0 spiro atoms. The molecule has 2 unspecified atom stereocenters. The van der Waals surface area contributed by atoms with Gasteiger partial charge in [0.25, 0.3) is 0 Å². The first kappa shape index (κ1) is 15.5. The minimum atomic E-state index is -3.40. The first-order chi connectivity index (χ1) is 9.36. The van der Waals surface area contributed by atoms with Crippen molar-refractivity contribution in [2.45, 2.75) is 51.1 Å². The highest BCUT2D eigenvalue weighted by Crippen LogP contribution is 2.29. The summed E-state index contributed by atoms with van der Waals surface area (Å²) in [4.78, 5) is 0.413. The predicted octanol–water partition coefficient (Wildman–Crippen LogP) is 2.26. The number of hydrogen-bond donors (Lipinski definition) is 1. The smallest absolute Gasteiger partial charge is 0.243 e. The summed E-state index contributed by atoms with van der Waals surface area (Å²) in [5, 5.41) is 0. The van der Waals surface area contributed by atoms with Crippen LogP contribution in [0.15, 0.2) is 23.1 Å². The lowest BCUT2D eigenvalue weighted by molar-refractivity contribution is 0.220. The van der Waals surface area contributed by atoms with E-state index in [9.17, 15) is 8.42 Å². The molecule has 1 aromatic rings. The monoisotopic (exact) mass is 296 g/mol. The Balaban J connectivity index is 2.35. The molecule has 0 amide bonds. The van der Waals surface area contributed by atoms with Crippen molar-refractivity contribution >= 4 is 10.0 Å². The number of benzene rings is 1. The Morgan fingerprint density at radius 1 is 1.35 bits per heavy atom. The summed E-state index contributed by atoms with van der Waals surface area (Å²) in [5.74, 6) is 0.595. The molecular formula is C15H24N2O2S. The Bertz CT molecular complexity index is 584. The van der Waals surface area contributed by atoms with Gasteiger partial charge >= 0.3 is 0 Å². The number of aryl methyl sites for hydroxylation is 1. The van der Waals surface area contributed by atoms with Gasteiger partial charge in [0, 0.05) is 19.1 Å². The third-order valence-corrected chi connectivity index (χ3v) is 6.31. The molecule has 0 aromatic heterocycles. The molecule has 5 heteroatoms. The SMILES string of the molecule is Cc1cc(CN)ccc1S(=O)(=O)N1CCC(C)CC1C. The average Bonchev–Trinajstić information content (AvgIpc) is 2.37.